The number of thiophene rings is 1. The van der Waals surface area contributed by atoms with E-state index in [1.165, 1.54) is 18.5 Å². The molecule has 0 amide bonds. The molecule has 2 nitrogen and oxygen atoms in total. The third-order valence-corrected chi connectivity index (χ3v) is 4.09. The van der Waals surface area contributed by atoms with Crippen molar-refractivity contribution >= 4 is 34.2 Å². The third kappa shape index (κ3) is 1.92. The predicted octanol–water partition coefficient (Wildman–Crippen LogP) is 3.79. The molecule has 0 saturated carbocycles. The zero-order valence-electron chi connectivity index (χ0n) is 8.59. The SMILES string of the molecule is Fc1ccc(-c2cc3ncnc(S)c3s2)cc1. The van der Waals surface area contributed by atoms with Gasteiger partial charge in [0.25, 0.3) is 0 Å². The first-order chi connectivity index (χ1) is 8.24. The standard InChI is InChI=1S/C12H7FN2S2/c13-8-3-1-7(2-4-8)10-5-9-11(17-10)12(16)15-6-14-9/h1-6H,(H,14,15,16). The Labute approximate surface area is 107 Å². The summed E-state index contributed by atoms with van der Waals surface area (Å²) in [4.78, 5) is 9.25. The highest BCUT2D eigenvalue weighted by molar-refractivity contribution is 7.80. The first-order valence-corrected chi connectivity index (χ1v) is 6.20. The summed E-state index contributed by atoms with van der Waals surface area (Å²) in [5, 5.41) is 0.674. The number of benzene rings is 1. The molecule has 2 heterocycles. The Balaban J connectivity index is 2.18. The molecule has 17 heavy (non-hydrogen) atoms. The highest BCUT2D eigenvalue weighted by Crippen LogP contribution is 2.34. The lowest BCUT2D eigenvalue weighted by Crippen LogP contribution is -1.77. The van der Waals surface area contributed by atoms with Gasteiger partial charge in [0.15, 0.2) is 0 Å². The van der Waals surface area contributed by atoms with Crippen molar-refractivity contribution in [1.82, 2.24) is 9.97 Å². The van der Waals surface area contributed by atoms with Gasteiger partial charge in [-0.15, -0.1) is 24.0 Å². The Morgan fingerprint density at radius 1 is 1.12 bits per heavy atom. The predicted molar refractivity (Wildman–Crippen MR) is 70.1 cm³/mol. The second-order valence-electron chi connectivity index (χ2n) is 3.53. The first-order valence-electron chi connectivity index (χ1n) is 4.93. The molecule has 0 N–H and O–H groups in total. The van der Waals surface area contributed by atoms with Crippen LogP contribution in [0.15, 0.2) is 41.7 Å². The Bertz CT molecular complexity index is 677. The molecule has 3 rings (SSSR count). The van der Waals surface area contributed by atoms with Crippen LogP contribution in [0.2, 0.25) is 0 Å². The molecule has 3 aromatic rings. The van der Waals surface area contributed by atoms with Crippen LogP contribution >= 0.6 is 24.0 Å². The fraction of sp³-hybridized carbons (Fsp3) is 0. The average molecular weight is 262 g/mol. The fourth-order valence-electron chi connectivity index (χ4n) is 1.60. The minimum atomic E-state index is -0.232. The van der Waals surface area contributed by atoms with Crippen molar-refractivity contribution in [3.63, 3.8) is 0 Å². The topological polar surface area (TPSA) is 25.8 Å². The molecule has 0 saturated heterocycles. The van der Waals surface area contributed by atoms with Crippen LogP contribution in [0, 0.1) is 5.82 Å². The second kappa shape index (κ2) is 4.09. The molecule has 0 spiro atoms. The molecular formula is C12H7FN2S2. The van der Waals surface area contributed by atoms with E-state index in [1.54, 1.807) is 23.5 Å². The van der Waals surface area contributed by atoms with E-state index >= 15 is 0 Å². The van der Waals surface area contributed by atoms with Gasteiger partial charge in [0.1, 0.15) is 17.2 Å². The van der Waals surface area contributed by atoms with Gasteiger partial charge in [0.05, 0.1) is 10.2 Å². The van der Waals surface area contributed by atoms with Gasteiger partial charge in [-0.3, -0.25) is 0 Å². The maximum Gasteiger partial charge on any atom is 0.123 e. The van der Waals surface area contributed by atoms with E-state index in [4.69, 9.17) is 0 Å². The van der Waals surface area contributed by atoms with E-state index in [2.05, 4.69) is 22.6 Å². The van der Waals surface area contributed by atoms with Gasteiger partial charge in [-0.1, -0.05) is 12.1 Å². The van der Waals surface area contributed by atoms with Crippen molar-refractivity contribution < 1.29 is 4.39 Å². The molecule has 5 heteroatoms. The van der Waals surface area contributed by atoms with Gasteiger partial charge in [-0.2, -0.15) is 0 Å². The molecule has 0 aliphatic carbocycles. The number of hydrogen-bond acceptors (Lipinski definition) is 4. The van der Waals surface area contributed by atoms with Crippen molar-refractivity contribution in [2.75, 3.05) is 0 Å². The molecule has 84 valence electrons. The van der Waals surface area contributed by atoms with Crippen LogP contribution in [0.3, 0.4) is 0 Å². The van der Waals surface area contributed by atoms with E-state index < -0.39 is 0 Å². The maximum atomic E-state index is 12.8. The van der Waals surface area contributed by atoms with Gasteiger partial charge in [0, 0.05) is 4.88 Å². The van der Waals surface area contributed by atoms with E-state index in [0.29, 0.717) is 5.03 Å². The summed E-state index contributed by atoms with van der Waals surface area (Å²) in [6, 6.07) is 8.38. The molecule has 0 radical (unpaired) electrons. The van der Waals surface area contributed by atoms with Crippen molar-refractivity contribution in [2.45, 2.75) is 5.03 Å². The number of nitrogens with zero attached hydrogens (tertiary/aromatic N) is 2. The number of aromatic nitrogens is 2. The van der Waals surface area contributed by atoms with Gasteiger partial charge in [-0.05, 0) is 23.8 Å². The normalized spacial score (nSPS) is 10.9. The number of rotatable bonds is 1. The molecule has 0 unspecified atom stereocenters. The number of hydrogen-bond donors (Lipinski definition) is 1. The molecule has 0 aliphatic rings. The quantitative estimate of drug-likeness (QED) is 0.533. The van der Waals surface area contributed by atoms with Crippen LogP contribution in [0.1, 0.15) is 0 Å². The summed E-state index contributed by atoms with van der Waals surface area (Å²) in [5.41, 5.74) is 1.84. The lowest BCUT2D eigenvalue weighted by Gasteiger charge is -1.95. The van der Waals surface area contributed by atoms with Gasteiger partial charge < -0.3 is 0 Å². The summed E-state index contributed by atoms with van der Waals surface area (Å²) >= 11 is 5.85. The van der Waals surface area contributed by atoms with E-state index in [0.717, 1.165) is 20.7 Å². The zero-order valence-corrected chi connectivity index (χ0v) is 10.3. The lowest BCUT2D eigenvalue weighted by atomic mass is 10.2. The fourth-order valence-corrected chi connectivity index (χ4v) is 2.91. The van der Waals surface area contributed by atoms with Crippen LogP contribution in [0.25, 0.3) is 20.7 Å². The van der Waals surface area contributed by atoms with Crippen LogP contribution in [-0.2, 0) is 0 Å². The second-order valence-corrected chi connectivity index (χ2v) is 5.00. The molecule has 0 fully saturated rings. The Morgan fingerprint density at radius 3 is 2.59 bits per heavy atom. The third-order valence-electron chi connectivity index (χ3n) is 2.42. The van der Waals surface area contributed by atoms with Gasteiger partial charge in [-0.25, -0.2) is 14.4 Å². The van der Waals surface area contributed by atoms with Crippen molar-refractivity contribution in [2.24, 2.45) is 0 Å². The smallest absolute Gasteiger partial charge is 0.123 e. The summed E-state index contributed by atoms with van der Waals surface area (Å²) in [7, 11) is 0. The summed E-state index contributed by atoms with van der Waals surface area (Å²) in [6.45, 7) is 0. The molecule has 1 aromatic carbocycles. The number of fused-ring (bicyclic) bond motifs is 1. The highest BCUT2D eigenvalue weighted by atomic mass is 32.1. The van der Waals surface area contributed by atoms with E-state index in [9.17, 15) is 4.39 Å². The van der Waals surface area contributed by atoms with E-state index in [-0.39, 0.29) is 5.82 Å². The highest BCUT2D eigenvalue weighted by Gasteiger charge is 2.08. The number of thiol groups is 1. The molecule has 0 aliphatic heterocycles. The van der Waals surface area contributed by atoms with Gasteiger partial charge in [0.2, 0.25) is 0 Å². The van der Waals surface area contributed by atoms with E-state index in [1.807, 2.05) is 6.07 Å². The Morgan fingerprint density at radius 2 is 1.88 bits per heavy atom. The minimum absolute atomic E-state index is 0.232. The Hall–Kier alpha value is -1.46. The van der Waals surface area contributed by atoms with Crippen LogP contribution in [0.5, 0.6) is 0 Å². The number of halogens is 1. The molecule has 0 atom stereocenters. The molecule has 0 bridgehead atoms. The van der Waals surface area contributed by atoms with Crippen molar-refractivity contribution in [3.05, 3.63) is 42.5 Å². The zero-order chi connectivity index (χ0) is 11.8. The van der Waals surface area contributed by atoms with Crippen LogP contribution < -0.4 is 0 Å². The van der Waals surface area contributed by atoms with Crippen LogP contribution in [-0.4, -0.2) is 9.97 Å². The molecular weight excluding hydrogens is 255 g/mol. The monoisotopic (exact) mass is 262 g/mol. The maximum absolute atomic E-state index is 12.8. The molecule has 2 aromatic heterocycles. The summed E-state index contributed by atoms with van der Waals surface area (Å²) in [5.74, 6) is -0.232. The minimum Gasteiger partial charge on any atom is -0.235 e. The van der Waals surface area contributed by atoms with Crippen LogP contribution in [0.4, 0.5) is 4.39 Å². The van der Waals surface area contributed by atoms with Gasteiger partial charge >= 0.3 is 0 Å². The Kier molecular flexibility index (Phi) is 2.57. The largest absolute Gasteiger partial charge is 0.235 e. The van der Waals surface area contributed by atoms with Crippen molar-refractivity contribution in [3.8, 4) is 10.4 Å². The summed E-state index contributed by atoms with van der Waals surface area (Å²) < 4.78 is 13.8. The van der Waals surface area contributed by atoms with Crippen molar-refractivity contribution in [1.29, 1.82) is 0 Å². The average Bonchev–Trinajstić information content (AvgIpc) is 2.75. The lowest BCUT2D eigenvalue weighted by molar-refractivity contribution is 0.628. The first kappa shape index (κ1) is 10.7. The summed E-state index contributed by atoms with van der Waals surface area (Å²) in [6.07, 6.45) is 1.49.